The van der Waals surface area contributed by atoms with Gasteiger partial charge in [-0.1, -0.05) is 19.1 Å². The number of nitrogens with two attached hydrogens (primary N) is 2. The van der Waals surface area contributed by atoms with Crippen LogP contribution in [0.4, 0.5) is 5.69 Å². The molecule has 0 heterocycles. The van der Waals surface area contributed by atoms with Crippen LogP contribution in [0.1, 0.15) is 12.5 Å². The molecule has 0 spiro atoms. The Morgan fingerprint density at radius 1 is 1.50 bits per heavy atom. The summed E-state index contributed by atoms with van der Waals surface area (Å²) >= 11 is 0. The Kier molecular flexibility index (Phi) is 3.65. The van der Waals surface area contributed by atoms with Crippen molar-refractivity contribution in [1.29, 1.82) is 0 Å². The Labute approximate surface area is 84.1 Å². The summed E-state index contributed by atoms with van der Waals surface area (Å²) in [5, 5.41) is 0. The predicted octanol–water partition coefficient (Wildman–Crippen LogP) is 0.975. The molecule has 1 aromatic carbocycles. The van der Waals surface area contributed by atoms with E-state index in [2.05, 4.69) is 0 Å². The molecule has 4 N–H and O–H groups in total. The van der Waals surface area contributed by atoms with E-state index in [-0.39, 0.29) is 11.7 Å². The molecule has 3 nitrogen and oxygen atoms in total. The molecule has 76 valence electrons. The van der Waals surface area contributed by atoms with Crippen LogP contribution in [0.15, 0.2) is 24.3 Å². The largest absolute Gasteiger partial charge is 0.399 e. The van der Waals surface area contributed by atoms with Crippen LogP contribution in [0.25, 0.3) is 0 Å². The van der Waals surface area contributed by atoms with Gasteiger partial charge in [0.25, 0.3) is 0 Å². The van der Waals surface area contributed by atoms with E-state index in [1.54, 1.807) is 6.07 Å². The van der Waals surface area contributed by atoms with E-state index >= 15 is 0 Å². The molecule has 0 saturated heterocycles. The second-order valence-electron chi connectivity index (χ2n) is 3.52. The van der Waals surface area contributed by atoms with Crippen molar-refractivity contribution in [2.45, 2.75) is 13.3 Å². The number of carbonyl (C=O) groups is 1. The van der Waals surface area contributed by atoms with Crippen molar-refractivity contribution in [1.82, 2.24) is 0 Å². The number of benzene rings is 1. The van der Waals surface area contributed by atoms with Gasteiger partial charge < -0.3 is 11.5 Å². The van der Waals surface area contributed by atoms with E-state index in [0.717, 1.165) is 5.56 Å². The van der Waals surface area contributed by atoms with Gasteiger partial charge in [-0.2, -0.15) is 0 Å². The summed E-state index contributed by atoms with van der Waals surface area (Å²) in [6, 6.07) is 7.38. The van der Waals surface area contributed by atoms with Crippen LogP contribution in [0.3, 0.4) is 0 Å². The van der Waals surface area contributed by atoms with Gasteiger partial charge in [0.05, 0.1) is 0 Å². The van der Waals surface area contributed by atoms with Crippen molar-refractivity contribution in [2.75, 3.05) is 12.3 Å². The van der Waals surface area contributed by atoms with Crippen LogP contribution in [-0.4, -0.2) is 12.3 Å². The van der Waals surface area contributed by atoms with E-state index in [9.17, 15) is 4.79 Å². The highest BCUT2D eigenvalue weighted by atomic mass is 16.1. The molecule has 0 radical (unpaired) electrons. The molecule has 1 rings (SSSR count). The van der Waals surface area contributed by atoms with Gasteiger partial charge in [-0.05, 0) is 17.7 Å². The SMILES string of the molecule is CC(CN)C(=O)Cc1cccc(N)c1. The van der Waals surface area contributed by atoms with Gasteiger partial charge in [0.1, 0.15) is 5.78 Å². The van der Waals surface area contributed by atoms with Crippen LogP contribution < -0.4 is 11.5 Å². The van der Waals surface area contributed by atoms with Crippen LogP contribution in [0.5, 0.6) is 0 Å². The standard InChI is InChI=1S/C11H16N2O/c1-8(7-12)11(14)6-9-3-2-4-10(13)5-9/h2-5,8H,6-7,12-13H2,1H3. The Hall–Kier alpha value is -1.35. The molecule has 1 unspecified atom stereocenters. The summed E-state index contributed by atoms with van der Waals surface area (Å²) in [5.41, 5.74) is 12.7. The average molecular weight is 192 g/mol. The number of ketones is 1. The number of Topliss-reactive ketones (excluding diaryl/α,β-unsaturated/α-hetero) is 1. The van der Waals surface area contributed by atoms with Gasteiger partial charge in [-0.3, -0.25) is 4.79 Å². The lowest BCUT2D eigenvalue weighted by Crippen LogP contribution is -2.22. The van der Waals surface area contributed by atoms with E-state index < -0.39 is 0 Å². The number of hydrogen-bond acceptors (Lipinski definition) is 3. The molecule has 0 fully saturated rings. The lowest BCUT2D eigenvalue weighted by atomic mass is 9.99. The molecule has 1 aromatic rings. The van der Waals surface area contributed by atoms with Gasteiger partial charge in [-0.25, -0.2) is 0 Å². The Morgan fingerprint density at radius 2 is 2.21 bits per heavy atom. The number of anilines is 1. The topological polar surface area (TPSA) is 69.1 Å². The Morgan fingerprint density at radius 3 is 2.79 bits per heavy atom. The number of rotatable bonds is 4. The smallest absolute Gasteiger partial charge is 0.141 e. The normalized spacial score (nSPS) is 12.4. The summed E-state index contributed by atoms with van der Waals surface area (Å²) in [6.07, 6.45) is 0.420. The number of hydrogen-bond donors (Lipinski definition) is 2. The van der Waals surface area contributed by atoms with Crippen molar-refractivity contribution in [2.24, 2.45) is 11.7 Å². The van der Waals surface area contributed by atoms with Crippen molar-refractivity contribution in [3.8, 4) is 0 Å². The molecule has 0 aliphatic heterocycles. The zero-order chi connectivity index (χ0) is 10.6. The van der Waals surface area contributed by atoms with Crippen LogP contribution >= 0.6 is 0 Å². The summed E-state index contributed by atoms with van der Waals surface area (Å²) in [6.45, 7) is 2.25. The van der Waals surface area contributed by atoms with Crippen molar-refractivity contribution in [3.63, 3.8) is 0 Å². The molecule has 0 aliphatic rings. The quantitative estimate of drug-likeness (QED) is 0.698. The van der Waals surface area contributed by atoms with Gasteiger partial charge in [0.15, 0.2) is 0 Å². The zero-order valence-electron chi connectivity index (χ0n) is 8.36. The van der Waals surface area contributed by atoms with Gasteiger partial charge >= 0.3 is 0 Å². The molecule has 0 amide bonds. The molecule has 3 heteroatoms. The van der Waals surface area contributed by atoms with Gasteiger partial charge in [0, 0.05) is 24.6 Å². The average Bonchev–Trinajstić information content (AvgIpc) is 2.16. The molecule has 1 atom stereocenters. The third-order valence-electron chi connectivity index (χ3n) is 2.23. The first-order valence-electron chi connectivity index (χ1n) is 4.70. The Balaban J connectivity index is 2.65. The van der Waals surface area contributed by atoms with Crippen LogP contribution in [0.2, 0.25) is 0 Å². The van der Waals surface area contributed by atoms with Gasteiger partial charge in [0.2, 0.25) is 0 Å². The maximum absolute atomic E-state index is 11.5. The molecular formula is C11H16N2O. The fraction of sp³-hybridized carbons (Fsp3) is 0.364. The molecule has 0 bridgehead atoms. The van der Waals surface area contributed by atoms with E-state index in [1.165, 1.54) is 0 Å². The summed E-state index contributed by atoms with van der Waals surface area (Å²) in [4.78, 5) is 11.5. The number of nitrogen functional groups attached to an aromatic ring is 1. The van der Waals surface area contributed by atoms with Crippen molar-refractivity contribution in [3.05, 3.63) is 29.8 Å². The molecule has 0 aliphatic carbocycles. The van der Waals surface area contributed by atoms with Crippen LogP contribution in [0, 0.1) is 5.92 Å². The van der Waals surface area contributed by atoms with E-state index in [4.69, 9.17) is 11.5 Å². The third-order valence-corrected chi connectivity index (χ3v) is 2.23. The maximum atomic E-state index is 11.5. The molecular weight excluding hydrogens is 176 g/mol. The maximum Gasteiger partial charge on any atom is 0.141 e. The van der Waals surface area contributed by atoms with Crippen LogP contribution in [-0.2, 0) is 11.2 Å². The highest BCUT2D eigenvalue weighted by Gasteiger charge is 2.11. The fourth-order valence-electron chi connectivity index (χ4n) is 1.21. The van der Waals surface area contributed by atoms with Gasteiger partial charge in [-0.15, -0.1) is 0 Å². The lowest BCUT2D eigenvalue weighted by Gasteiger charge is -2.07. The zero-order valence-corrected chi connectivity index (χ0v) is 8.36. The highest BCUT2D eigenvalue weighted by molar-refractivity contribution is 5.83. The first kappa shape index (κ1) is 10.7. The first-order chi connectivity index (χ1) is 6.63. The monoisotopic (exact) mass is 192 g/mol. The molecule has 0 aromatic heterocycles. The van der Waals surface area contributed by atoms with E-state index in [1.807, 2.05) is 25.1 Å². The minimum absolute atomic E-state index is 0.0727. The van der Waals surface area contributed by atoms with Crippen molar-refractivity contribution < 1.29 is 4.79 Å². The predicted molar refractivity (Wildman–Crippen MR) is 57.8 cm³/mol. The third kappa shape index (κ3) is 2.85. The summed E-state index contributed by atoms with van der Waals surface area (Å²) < 4.78 is 0. The second-order valence-corrected chi connectivity index (χ2v) is 3.52. The minimum Gasteiger partial charge on any atom is -0.399 e. The lowest BCUT2D eigenvalue weighted by molar-refractivity contribution is -0.121. The van der Waals surface area contributed by atoms with E-state index in [0.29, 0.717) is 18.7 Å². The number of carbonyl (C=O) groups excluding carboxylic acids is 1. The molecule has 14 heavy (non-hydrogen) atoms. The summed E-state index contributed by atoms with van der Waals surface area (Å²) in [5.74, 6) is 0.0922. The fourth-order valence-corrected chi connectivity index (χ4v) is 1.21. The minimum atomic E-state index is -0.0727. The highest BCUT2D eigenvalue weighted by Crippen LogP contribution is 2.09. The van der Waals surface area contributed by atoms with Crippen molar-refractivity contribution >= 4 is 11.5 Å². The second kappa shape index (κ2) is 4.77. The summed E-state index contributed by atoms with van der Waals surface area (Å²) in [7, 11) is 0. The molecule has 0 saturated carbocycles. The first-order valence-corrected chi connectivity index (χ1v) is 4.70. The Bertz CT molecular complexity index is 323.